The van der Waals surface area contributed by atoms with Gasteiger partial charge in [0.05, 0.1) is 17.2 Å². The number of alkyl halides is 3. The Hall–Kier alpha value is -3.02. The number of benzene rings is 1. The first-order valence-electron chi connectivity index (χ1n) is 6.16. The van der Waals surface area contributed by atoms with Crippen molar-refractivity contribution in [1.82, 2.24) is 14.8 Å². The quantitative estimate of drug-likeness (QED) is 0.842. The Labute approximate surface area is 122 Å². The van der Waals surface area contributed by atoms with Crippen molar-refractivity contribution < 1.29 is 13.2 Å². The summed E-state index contributed by atoms with van der Waals surface area (Å²) in [7, 11) is 0. The summed E-state index contributed by atoms with van der Waals surface area (Å²) in [6.07, 6.45) is -3.35. The molecule has 0 bridgehead atoms. The molecular formula is C13H9F3N6. The molecule has 1 aromatic heterocycles. The number of aromatic nitrogens is 3. The van der Waals surface area contributed by atoms with Gasteiger partial charge in [0.2, 0.25) is 5.95 Å². The first-order chi connectivity index (χ1) is 10.4. The first kappa shape index (κ1) is 13.9. The molecule has 0 amide bonds. The average molecular weight is 306 g/mol. The summed E-state index contributed by atoms with van der Waals surface area (Å²) in [5.41, 5.74) is 4.86. The maximum atomic E-state index is 13.2. The van der Waals surface area contributed by atoms with E-state index < -0.39 is 17.8 Å². The molecule has 0 unspecified atom stereocenters. The van der Waals surface area contributed by atoms with Crippen LogP contribution in [0.3, 0.4) is 0 Å². The van der Waals surface area contributed by atoms with Crippen molar-refractivity contribution in [3.63, 3.8) is 0 Å². The summed E-state index contributed by atoms with van der Waals surface area (Å²) < 4.78 is 40.7. The van der Waals surface area contributed by atoms with E-state index >= 15 is 0 Å². The summed E-state index contributed by atoms with van der Waals surface area (Å²) in [6, 6.07) is 5.83. The predicted molar refractivity (Wildman–Crippen MR) is 70.8 cm³/mol. The van der Waals surface area contributed by atoms with Crippen LogP contribution >= 0.6 is 0 Å². The van der Waals surface area contributed by atoms with Gasteiger partial charge in [0, 0.05) is 0 Å². The average Bonchev–Trinajstić information content (AvgIpc) is 2.95. The monoisotopic (exact) mass is 306 g/mol. The fraction of sp³-hybridized carbons (Fsp3) is 0.154. The smallest absolute Gasteiger partial charge is 0.383 e. The number of halogens is 3. The number of fused-ring (bicyclic) bond motifs is 1. The van der Waals surface area contributed by atoms with Gasteiger partial charge in [-0.15, -0.1) is 0 Å². The largest absolute Gasteiger partial charge is 0.416 e. The van der Waals surface area contributed by atoms with Gasteiger partial charge in [-0.05, 0) is 11.6 Å². The lowest BCUT2D eigenvalue weighted by atomic mass is 9.93. The lowest BCUT2D eigenvalue weighted by Gasteiger charge is -2.27. The second-order valence-corrected chi connectivity index (χ2v) is 4.57. The number of rotatable bonds is 1. The second-order valence-electron chi connectivity index (χ2n) is 4.57. The molecule has 0 saturated carbocycles. The number of anilines is 1. The molecule has 9 heteroatoms. The minimum Gasteiger partial charge on any atom is -0.383 e. The molecule has 1 atom stereocenters. The van der Waals surface area contributed by atoms with Crippen molar-refractivity contribution in [2.75, 3.05) is 5.32 Å². The number of nitrogens with one attached hydrogen (secondary N) is 1. The van der Waals surface area contributed by atoms with Gasteiger partial charge in [-0.1, -0.05) is 18.2 Å². The molecule has 6 nitrogen and oxygen atoms in total. The van der Waals surface area contributed by atoms with E-state index in [2.05, 4.69) is 15.4 Å². The molecule has 2 heterocycles. The number of nitriles is 1. The van der Waals surface area contributed by atoms with Crippen LogP contribution in [-0.4, -0.2) is 14.8 Å². The molecule has 2 aromatic rings. The zero-order valence-corrected chi connectivity index (χ0v) is 11.0. The zero-order valence-electron chi connectivity index (χ0n) is 11.0. The van der Waals surface area contributed by atoms with Gasteiger partial charge < -0.3 is 11.1 Å². The van der Waals surface area contributed by atoms with Crippen molar-refractivity contribution in [3.8, 4) is 6.07 Å². The van der Waals surface area contributed by atoms with Crippen LogP contribution in [0.25, 0.3) is 5.82 Å². The highest BCUT2D eigenvalue weighted by atomic mass is 19.4. The van der Waals surface area contributed by atoms with Crippen molar-refractivity contribution in [1.29, 1.82) is 5.26 Å². The van der Waals surface area contributed by atoms with Gasteiger partial charge >= 0.3 is 6.18 Å². The van der Waals surface area contributed by atoms with Crippen LogP contribution in [0.2, 0.25) is 0 Å². The van der Waals surface area contributed by atoms with E-state index in [1.165, 1.54) is 29.2 Å². The maximum absolute atomic E-state index is 13.2. The van der Waals surface area contributed by atoms with E-state index in [9.17, 15) is 18.4 Å². The highest BCUT2D eigenvalue weighted by Gasteiger charge is 2.38. The summed E-state index contributed by atoms with van der Waals surface area (Å²) in [5, 5.41) is 15.9. The van der Waals surface area contributed by atoms with Crippen LogP contribution in [0.1, 0.15) is 17.2 Å². The van der Waals surface area contributed by atoms with Crippen LogP contribution in [0.4, 0.5) is 19.1 Å². The minimum absolute atomic E-state index is 0.0456. The maximum Gasteiger partial charge on any atom is 0.416 e. The van der Waals surface area contributed by atoms with Crippen LogP contribution in [-0.2, 0) is 6.18 Å². The van der Waals surface area contributed by atoms with Crippen LogP contribution in [0, 0.1) is 11.3 Å². The minimum atomic E-state index is -4.54. The highest BCUT2D eigenvalue weighted by molar-refractivity contribution is 5.65. The molecule has 3 N–H and O–H groups in total. The first-order valence-corrected chi connectivity index (χ1v) is 6.16. The van der Waals surface area contributed by atoms with Gasteiger partial charge in [-0.3, -0.25) is 0 Å². The summed E-state index contributed by atoms with van der Waals surface area (Å²) in [5.74, 6) is 0.134. The third kappa shape index (κ3) is 2.05. The molecule has 0 fully saturated rings. The van der Waals surface area contributed by atoms with Gasteiger partial charge in [-0.2, -0.15) is 33.2 Å². The Morgan fingerprint density at radius 1 is 1.32 bits per heavy atom. The molecule has 1 aliphatic heterocycles. The Kier molecular flexibility index (Phi) is 3.02. The Bertz CT molecular complexity index is 799. The van der Waals surface area contributed by atoms with Crippen molar-refractivity contribution in [2.24, 2.45) is 5.73 Å². The summed E-state index contributed by atoms with van der Waals surface area (Å²) in [6.45, 7) is 0. The predicted octanol–water partition coefficient (Wildman–Crippen LogP) is 2.11. The topological polar surface area (TPSA) is 92.5 Å². The van der Waals surface area contributed by atoms with Gasteiger partial charge in [0.15, 0.2) is 0 Å². The fourth-order valence-corrected chi connectivity index (χ4v) is 2.34. The Balaban J connectivity index is 2.19. The summed E-state index contributed by atoms with van der Waals surface area (Å²) >= 11 is 0. The standard InChI is InChI=1S/C13H9F3N6/c14-13(15,16)9-4-2-1-3-7(9)10-8(5-17)11(18)22-12(21-10)19-6-20-22/h1-4,6,10H,18H2,(H,19,20,21)/t10-/m0/s1. The fourth-order valence-electron chi connectivity index (χ4n) is 2.34. The van der Waals surface area contributed by atoms with Crippen LogP contribution < -0.4 is 11.1 Å². The van der Waals surface area contributed by atoms with E-state index in [-0.39, 0.29) is 22.9 Å². The van der Waals surface area contributed by atoms with Crippen LogP contribution in [0.5, 0.6) is 0 Å². The van der Waals surface area contributed by atoms with Gasteiger partial charge in [0.1, 0.15) is 18.2 Å². The molecular weight excluding hydrogens is 297 g/mol. The molecule has 0 saturated heterocycles. The molecule has 112 valence electrons. The zero-order chi connectivity index (χ0) is 15.9. The summed E-state index contributed by atoms with van der Waals surface area (Å²) in [4.78, 5) is 3.88. The molecule has 3 rings (SSSR count). The number of nitrogens with two attached hydrogens (primary N) is 1. The van der Waals surface area contributed by atoms with Crippen molar-refractivity contribution in [2.45, 2.75) is 12.2 Å². The Morgan fingerprint density at radius 2 is 2.05 bits per heavy atom. The van der Waals surface area contributed by atoms with Gasteiger partial charge in [-0.25, -0.2) is 0 Å². The number of hydrogen-bond acceptors (Lipinski definition) is 5. The lowest BCUT2D eigenvalue weighted by Crippen LogP contribution is -2.28. The highest BCUT2D eigenvalue weighted by Crippen LogP contribution is 2.39. The molecule has 0 radical (unpaired) electrons. The van der Waals surface area contributed by atoms with Gasteiger partial charge in [0.25, 0.3) is 0 Å². The van der Waals surface area contributed by atoms with E-state index in [1.807, 2.05) is 6.07 Å². The molecule has 22 heavy (non-hydrogen) atoms. The van der Waals surface area contributed by atoms with Crippen molar-refractivity contribution >= 4 is 11.8 Å². The second kappa shape index (κ2) is 4.77. The van der Waals surface area contributed by atoms with Crippen molar-refractivity contribution in [3.05, 3.63) is 47.3 Å². The van der Waals surface area contributed by atoms with Crippen LogP contribution in [0.15, 0.2) is 36.2 Å². The third-order valence-electron chi connectivity index (χ3n) is 3.31. The van der Waals surface area contributed by atoms with E-state index in [4.69, 9.17) is 5.73 Å². The Morgan fingerprint density at radius 3 is 2.73 bits per heavy atom. The lowest BCUT2D eigenvalue weighted by molar-refractivity contribution is -0.138. The molecule has 0 aliphatic carbocycles. The number of nitrogens with zero attached hydrogens (tertiary/aromatic N) is 4. The van der Waals surface area contributed by atoms with E-state index in [0.29, 0.717) is 0 Å². The van der Waals surface area contributed by atoms with E-state index in [1.54, 1.807) is 0 Å². The molecule has 1 aliphatic rings. The third-order valence-corrected chi connectivity index (χ3v) is 3.31. The SMILES string of the molecule is N#CC1=C(N)n2ncnc2N[C@H]1c1ccccc1C(F)(F)F. The normalized spacial score (nSPS) is 17.6. The molecule has 0 spiro atoms. The number of hydrogen-bond donors (Lipinski definition) is 2. The van der Waals surface area contributed by atoms with E-state index in [0.717, 1.165) is 6.07 Å². The molecule has 1 aromatic carbocycles.